The number of fused-ring (bicyclic) bond motifs is 2. The molecular formula is C8H8O4. The molecule has 3 rings (SSSR count). The number of ketones is 3. The van der Waals surface area contributed by atoms with Gasteiger partial charge in [0.15, 0.2) is 11.6 Å². The van der Waals surface area contributed by atoms with Crippen molar-refractivity contribution in [1.82, 2.24) is 0 Å². The summed E-state index contributed by atoms with van der Waals surface area (Å²) in [6, 6.07) is 0. The highest BCUT2D eigenvalue weighted by atomic mass is 16.6. The molecule has 2 bridgehead atoms. The van der Waals surface area contributed by atoms with Gasteiger partial charge in [-0.2, -0.15) is 0 Å². The summed E-state index contributed by atoms with van der Waals surface area (Å²) in [4.78, 5) is 33.5. The molecule has 1 aliphatic carbocycles. The second kappa shape index (κ2) is 2.01. The van der Waals surface area contributed by atoms with Crippen molar-refractivity contribution in [2.24, 2.45) is 0 Å². The summed E-state index contributed by atoms with van der Waals surface area (Å²) in [7, 11) is 0. The lowest BCUT2D eigenvalue weighted by Gasteiger charge is -2.46. The molecule has 0 spiro atoms. The van der Waals surface area contributed by atoms with Crippen LogP contribution < -0.4 is 0 Å². The zero-order valence-electron chi connectivity index (χ0n) is 6.62. The van der Waals surface area contributed by atoms with E-state index in [2.05, 4.69) is 0 Å². The molecule has 3 aliphatic rings. The first-order chi connectivity index (χ1) is 5.59. The minimum Gasteiger partial charge on any atom is -0.341 e. The molecule has 0 amide bonds. The van der Waals surface area contributed by atoms with Crippen LogP contribution in [0, 0.1) is 0 Å². The first-order valence-electron chi connectivity index (χ1n) is 3.85. The maximum Gasteiger partial charge on any atom is 0.245 e. The van der Waals surface area contributed by atoms with Crippen molar-refractivity contribution >= 4 is 17.3 Å². The van der Waals surface area contributed by atoms with Crippen molar-refractivity contribution in [1.29, 1.82) is 0 Å². The lowest BCUT2D eigenvalue weighted by Crippen LogP contribution is -2.72. The molecule has 3 fully saturated rings. The van der Waals surface area contributed by atoms with Crippen LogP contribution in [-0.2, 0) is 19.1 Å². The van der Waals surface area contributed by atoms with Crippen LogP contribution >= 0.6 is 0 Å². The Morgan fingerprint density at radius 3 is 2.58 bits per heavy atom. The van der Waals surface area contributed by atoms with E-state index in [1.54, 1.807) is 0 Å². The second-order valence-electron chi connectivity index (χ2n) is 3.17. The van der Waals surface area contributed by atoms with Gasteiger partial charge in [-0.25, -0.2) is 0 Å². The van der Waals surface area contributed by atoms with Crippen LogP contribution in [0.3, 0.4) is 0 Å². The van der Waals surface area contributed by atoms with Crippen molar-refractivity contribution in [2.75, 3.05) is 0 Å². The normalized spacial score (nSPS) is 39.2. The van der Waals surface area contributed by atoms with Gasteiger partial charge < -0.3 is 4.74 Å². The summed E-state index contributed by atoms with van der Waals surface area (Å²) in [6.45, 7) is 1.22. The van der Waals surface area contributed by atoms with Crippen molar-refractivity contribution < 1.29 is 19.1 Å². The fourth-order valence-corrected chi connectivity index (χ4v) is 1.78. The SMILES string of the molecule is CC(=O)C12OC(CCC1=O)C2=O. The van der Waals surface area contributed by atoms with Gasteiger partial charge in [-0.3, -0.25) is 14.4 Å². The van der Waals surface area contributed by atoms with Gasteiger partial charge in [-0.05, 0) is 13.3 Å². The van der Waals surface area contributed by atoms with Crippen LogP contribution in [0.25, 0.3) is 0 Å². The molecule has 2 atom stereocenters. The first-order valence-corrected chi connectivity index (χ1v) is 3.85. The third-order valence-corrected chi connectivity index (χ3v) is 2.48. The highest BCUT2D eigenvalue weighted by Crippen LogP contribution is 2.39. The number of hydrogen-bond donors (Lipinski definition) is 0. The van der Waals surface area contributed by atoms with Gasteiger partial charge in [0.05, 0.1) is 0 Å². The van der Waals surface area contributed by atoms with Gasteiger partial charge in [0.2, 0.25) is 11.4 Å². The van der Waals surface area contributed by atoms with Gasteiger partial charge in [-0.15, -0.1) is 0 Å². The minimum absolute atomic E-state index is 0.288. The number of carbonyl (C=O) groups is 3. The predicted molar refractivity (Wildman–Crippen MR) is 37.5 cm³/mol. The van der Waals surface area contributed by atoms with Gasteiger partial charge >= 0.3 is 0 Å². The molecule has 2 unspecified atom stereocenters. The lowest BCUT2D eigenvalue weighted by molar-refractivity contribution is -0.211. The number of Topliss-reactive ketones (excluding diaryl/α,β-unsaturated/α-hetero) is 3. The van der Waals surface area contributed by atoms with E-state index in [0.717, 1.165) is 0 Å². The maximum atomic E-state index is 11.3. The van der Waals surface area contributed by atoms with Crippen molar-refractivity contribution in [3.63, 3.8) is 0 Å². The molecule has 2 aliphatic heterocycles. The molecule has 0 aromatic heterocycles. The van der Waals surface area contributed by atoms with E-state index in [9.17, 15) is 14.4 Å². The van der Waals surface area contributed by atoms with Crippen molar-refractivity contribution in [3.05, 3.63) is 0 Å². The van der Waals surface area contributed by atoms with E-state index in [1.807, 2.05) is 0 Å². The quantitative estimate of drug-likeness (QED) is 0.502. The van der Waals surface area contributed by atoms with Crippen LogP contribution in [0.15, 0.2) is 0 Å². The zero-order valence-corrected chi connectivity index (χ0v) is 6.62. The van der Waals surface area contributed by atoms with Crippen molar-refractivity contribution in [3.8, 4) is 0 Å². The predicted octanol–water partition coefficient (Wildman–Crippen LogP) is -0.355. The van der Waals surface area contributed by atoms with E-state index < -0.39 is 17.5 Å². The molecule has 64 valence electrons. The third kappa shape index (κ3) is 0.594. The topological polar surface area (TPSA) is 60.4 Å². The van der Waals surface area contributed by atoms with Crippen LogP contribution in [0.1, 0.15) is 19.8 Å². The second-order valence-corrected chi connectivity index (χ2v) is 3.17. The highest BCUT2D eigenvalue weighted by molar-refractivity contribution is 6.32. The molecule has 0 N–H and O–H groups in total. The summed E-state index contributed by atoms with van der Waals surface area (Å²) >= 11 is 0. The number of hydrogen-bond acceptors (Lipinski definition) is 4. The van der Waals surface area contributed by atoms with Gasteiger partial charge in [0.1, 0.15) is 6.10 Å². The van der Waals surface area contributed by atoms with E-state index >= 15 is 0 Å². The van der Waals surface area contributed by atoms with E-state index in [4.69, 9.17) is 4.74 Å². The standard InChI is InChI=1S/C8H8O4/c1-4(9)8-6(10)3-2-5(12-8)7(8)11/h5H,2-3H2,1H3. The van der Waals surface area contributed by atoms with Crippen LogP contribution in [0.5, 0.6) is 0 Å². The summed E-state index contributed by atoms with van der Waals surface area (Å²) in [5.41, 5.74) is -1.68. The average molecular weight is 168 g/mol. The number of ether oxygens (including phenoxy) is 1. The molecule has 0 aromatic carbocycles. The van der Waals surface area contributed by atoms with Gasteiger partial charge in [-0.1, -0.05) is 0 Å². The van der Waals surface area contributed by atoms with Gasteiger partial charge in [0.25, 0.3) is 0 Å². The van der Waals surface area contributed by atoms with Gasteiger partial charge in [0, 0.05) is 6.42 Å². The Bertz CT molecular complexity index is 283. The molecule has 2 saturated heterocycles. The Hall–Kier alpha value is -1.03. The Labute approximate surface area is 68.9 Å². The first kappa shape index (κ1) is 7.61. The number of carbonyl (C=O) groups excluding carboxylic acids is 3. The number of rotatable bonds is 1. The van der Waals surface area contributed by atoms with Crippen molar-refractivity contribution in [2.45, 2.75) is 31.5 Å². The summed E-state index contributed by atoms with van der Waals surface area (Å²) in [5, 5.41) is 0. The molecule has 0 aromatic rings. The molecule has 4 nitrogen and oxygen atoms in total. The Kier molecular flexibility index (Phi) is 1.28. The summed E-state index contributed by atoms with van der Waals surface area (Å²) in [6.07, 6.45) is 0.231. The minimum atomic E-state index is -1.68. The molecular weight excluding hydrogens is 160 g/mol. The van der Waals surface area contributed by atoms with E-state index in [1.165, 1.54) is 6.92 Å². The fourth-order valence-electron chi connectivity index (χ4n) is 1.78. The Morgan fingerprint density at radius 1 is 1.58 bits per heavy atom. The largest absolute Gasteiger partial charge is 0.341 e. The van der Waals surface area contributed by atoms with E-state index in [0.29, 0.717) is 6.42 Å². The lowest BCUT2D eigenvalue weighted by atomic mass is 9.72. The molecule has 0 radical (unpaired) electrons. The Morgan fingerprint density at radius 2 is 2.25 bits per heavy atom. The summed E-state index contributed by atoms with van der Waals surface area (Å²) in [5.74, 6) is -1.19. The molecule has 4 heteroatoms. The zero-order chi connectivity index (χ0) is 8.93. The monoisotopic (exact) mass is 168 g/mol. The average Bonchev–Trinajstić information content (AvgIpc) is 2.02. The summed E-state index contributed by atoms with van der Waals surface area (Å²) < 4.78 is 5.00. The highest BCUT2D eigenvalue weighted by Gasteiger charge is 2.66. The smallest absolute Gasteiger partial charge is 0.245 e. The van der Waals surface area contributed by atoms with Crippen LogP contribution in [0.2, 0.25) is 0 Å². The molecule has 12 heavy (non-hydrogen) atoms. The molecule has 1 saturated carbocycles. The maximum absolute atomic E-state index is 11.3. The Balaban J connectivity index is 2.41. The fraction of sp³-hybridized carbons (Fsp3) is 0.625. The van der Waals surface area contributed by atoms with Crippen LogP contribution in [-0.4, -0.2) is 29.1 Å². The van der Waals surface area contributed by atoms with E-state index in [-0.39, 0.29) is 18.0 Å². The molecule has 2 heterocycles. The third-order valence-electron chi connectivity index (χ3n) is 2.48. The van der Waals surface area contributed by atoms with Crippen LogP contribution in [0.4, 0.5) is 0 Å².